The van der Waals surface area contributed by atoms with Crippen LogP contribution in [0.25, 0.3) is 11.2 Å². The summed E-state index contributed by atoms with van der Waals surface area (Å²) in [6.07, 6.45) is 9.45. The van der Waals surface area contributed by atoms with Crippen molar-refractivity contribution in [3.63, 3.8) is 0 Å². The molecule has 6 N–H and O–H groups in total. The first-order valence-corrected chi connectivity index (χ1v) is 13.4. The monoisotopic (exact) mass is 519 g/mol. The van der Waals surface area contributed by atoms with Crippen molar-refractivity contribution in [3.8, 4) is 0 Å². The van der Waals surface area contributed by atoms with Crippen LogP contribution in [-0.2, 0) is 14.3 Å². The molecule has 0 saturated carbocycles. The number of hydrogen-bond donors (Lipinski definition) is 6. The number of aromatic nitrogens is 4. The van der Waals surface area contributed by atoms with E-state index < -0.39 is 36.5 Å². The Morgan fingerprint density at radius 2 is 1.68 bits per heavy atom. The summed E-state index contributed by atoms with van der Waals surface area (Å²) in [5.41, 5.74) is 0.982. The highest BCUT2D eigenvalue weighted by Crippen LogP contribution is 2.24. The third-order valence-corrected chi connectivity index (χ3v) is 6.68. The molecule has 1 aliphatic rings. The number of aliphatic hydroxyl groups excluding tert-OH is 2. The molecular weight excluding hydrogens is 478 g/mol. The Bertz CT molecular complexity index is 987. The van der Waals surface area contributed by atoms with Crippen molar-refractivity contribution in [2.75, 3.05) is 11.9 Å². The average molecular weight is 520 g/mol. The highest BCUT2D eigenvalue weighted by molar-refractivity contribution is 5.85. The third kappa shape index (κ3) is 8.61. The summed E-state index contributed by atoms with van der Waals surface area (Å²) in [7, 11) is 0. The Balaban J connectivity index is 1.35. The van der Waals surface area contributed by atoms with Gasteiger partial charge in [-0.25, -0.2) is 15.0 Å². The van der Waals surface area contributed by atoms with E-state index in [-0.39, 0.29) is 12.5 Å². The number of hydrogen-bond acceptors (Lipinski definition) is 9. The molecule has 12 nitrogen and oxygen atoms in total. The van der Waals surface area contributed by atoms with Crippen LogP contribution in [0.2, 0.25) is 0 Å². The van der Waals surface area contributed by atoms with Crippen molar-refractivity contribution in [1.29, 1.82) is 0 Å². The van der Waals surface area contributed by atoms with Gasteiger partial charge < -0.3 is 35.9 Å². The van der Waals surface area contributed by atoms with E-state index in [2.05, 4.69) is 42.8 Å². The number of nitrogens with one attached hydrogen (secondary N) is 4. The molecule has 3 rings (SSSR count). The maximum atomic E-state index is 12.4. The van der Waals surface area contributed by atoms with Crippen LogP contribution in [0, 0.1) is 0 Å². The number of unbranched alkanes of at least 4 members (excludes halogenated alkanes) is 8. The number of nitrogens with zero attached hydrogens (tertiary/aromatic N) is 3. The zero-order chi connectivity index (χ0) is 26.6. The molecule has 37 heavy (non-hydrogen) atoms. The van der Waals surface area contributed by atoms with Crippen LogP contribution in [0.5, 0.6) is 0 Å². The molecule has 0 bridgehead atoms. The minimum atomic E-state index is -1.35. The predicted molar refractivity (Wildman–Crippen MR) is 138 cm³/mol. The summed E-state index contributed by atoms with van der Waals surface area (Å²) < 4.78 is 5.83. The predicted octanol–water partition coefficient (Wildman–Crippen LogP) is 1.75. The topological polar surface area (TPSA) is 174 Å². The van der Waals surface area contributed by atoms with Gasteiger partial charge in [-0.05, 0) is 13.3 Å². The smallest absolute Gasteiger partial charge is 0.239 e. The normalized spacial score (nSPS) is 23.6. The zero-order valence-corrected chi connectivity index (χ0v) is 21.8. The van der Waals surface area contributed by atoms with Gasteiger partial charge in [-0.15, -0.1) is 0 Å². The molecule has 0 aliphatic carbocycles. The van der Waals surface area contributed by atoms with Crippen LogP contribution in [-0.4, -0.2) is 79.1 Å². The highest BCUT2D eigenvalue weighted by atomic mass is 16.5. The molecule has 0 unspecified atom stereocenters. The highest BCUT2D eigenvalue weighted by Gasteiger charge is 2.43. The van der Waals surface area contributed by atoms with Crippen molar-refractivity contribution in [3.05, 3.63) is 12.7 Å². The molecule has 1 aliphatic heterocycles. The van der Waals surface area contributed by atoms with Gasteiger partial charge in [0, 0.05) is 6.42 Å². The fourth-order valence-corrected chi connectivity index (χ4v) is 4.50. The molecule has 0 spiro atoms. The quantitative estimate of drug-likeness (QED) is 0.192. The van der Waals surface area contributed by atoms with E-state index in [0.717, 1.165) is 19.3 Å². The van der Waals surface area contributed by atoms with Crippen molar-refractivity contribution >= 4 is 28.8 Å². The van der Waals surface area contributed by atoms with Gasteiger partial charge in [0.05, 0.1) is 25.0 Å². The molecular formula is C25H41N7O5. The van der Waals surface area contributed by atoms with E-state index >= 15 is 0 Å². The summed E-state index contributed by atoms with van der Waals surface area (Å²) in [4.78, 5) is 39.6. The molecule has 3 heterocycles. The minimum absolute atomic E-state index is 0.175. The van der Waals surface area contributed by atoms with Crippen molar-refractivity contribution in [1.82, 2.24) is 30.6 Å². The maximum Gasteiger partial charge on any atom is 0.239 e. The lowest BCUT2D eigenvalue weighted by atomic mass is 9.96. The van der Waals surface area contributed by atoms with Crippen molar-refractivity contribution in [2.24, 2.45) is 0 Å². The maximum absolute atomic E-state index is 12.4. The lowest BCUT2D eigenvalue weighted by Gasteiger charge is -2.42. The largest absolute Gasteiger partial charge is 0.388 e. The SMILES string of the molecule is CCCCCCCCCCCC(=O)NCC(=O)N[C@@H]1[C@@H](O)[C@H](O)[C@@H](Nc2ncnc3nc[nH]c23)O[C@H]1C. The first-order valence-electron chi connectivity index (χ1n) is 13.4. The zero-order valence-electron chi connectivity index (χ0n) is 21.8. The molecule has 5 atom stereocenters. The standard InChI is InChI=1S/C25H41N7O5/c1-3-4-5-6-7-8-9-10-11-12-17(33)26-13-18(34)31-19-16(2)37-25(22(36)21(19)35)32-24-20-23(28-14-27-20)29-15-30-24/h14-16,19,21-22,25,35-36H,3-13H2,1-2H3,(H,26,33)(H,31,34)(H2,27,28,29,30,32)/t16-,19-,21+,22-,25-/m0/s1. The van der Waals surface area contributed by atoms with E-state index in [1.165, 1.54) is 51.2 Å². The van der Waals surface area contributed by atoms with Gasteiger partial charge in [0.1, 0.15) is 24.1 Å². The van der Waals surface area contributed by atoms with Gasteiger partial charge in [0.2, 0.25) is 11.8 Å². The number of aromatic amines is 1. The van der Waals surface area contributed by atoms with Gasteiger partial charge in [-0.1, -0.05) is 58.3 Å². The summed E-state index contributed by atoms with van der Waals surface area (Å²) in [6, 6.07) is -0.854. The molecule has 12 heteroatoms. The number of carbonyl (C=O) groups is 2. The Kier molecular flexibility index (Phi) is 11.5. The first kappa shape index (κ1) is 28.7. The summed E-state index contributed by atoms with van der Waals surface area (Å²) in [5.74, 6) is -0.275. The second-order valence-electron chi connectivity index (χ2n) is 9.66. The van der Waals surface area contributed by atoms with Crippen LogP contribution in [0.4, 0.5) is 5.82 Å². The van der Waals surface area contributed by atoms with Crippen LogP contribution in [0.1, 0.15) is 78.1 Å². The Morgan fingerprint density at radius 3 is 2.41 bits per heavy atom. The first-order chi connectivity index (χ1) is 17.9. The van der Waals surface area contributed by atoms with Crippen LogP contribution in [0.3, 0.4) is 0 Å². The fourth-order valence-electron chi connectivity index (χ4n) is 4.50. The summed E-state index contributed by atoms with van der Waals surface area (Å²) in [6.45, 7) is 3.69. The Morgan fingerprint density at radius 1 is 0.973 bits per heavy atom. The number of amides is 2. The van der Waals surface area contributed by atoms with E-state index in [0.29, 0.717) is 23.4 Å². The number of aliphatic hydroxyl groups is 2. The molecule has 2 aromatic rings. The van der Waals surface area contributed by atoms with Crippen molar-refractivity contribution in [2.45, 2.75) is 109 Å². The molecule has 0 aromatic carbocycles. The summed E-state index contributed by atoms with van der Waals surface area (Å²) >= 11 is 0. The molecule has 206 valence electrons. The van der Waals surface area contributed by atoms with Crippen LogP contribution in [0.15, 0.2) is 12.7 Å². The molecule has 2 amide bonds. The molecule has 0 radical (unpaired) electrons. The lowest BCUT2D eigenvalue weighted by molar-refractivity contribution is -0.172. The summed E-state index contributed by atoms with van der Waals surface area (Å²) in [5, 5.41) is 29.5. The third-order valence-electron chi connectivity index (χ3n) is 6.68. The van der Waals surface area contributed by atoms with Gasteiger partial charge in [-0.3, -0.25) is 9.59 Å². The number of imidazole rings is 1. The lowest BCUT2D eigenvalue weighted by Crippen LogP contribution is -2.64. The van der Waals surface area contributed by atoms with Crippen molar-refractivity contribution < 1.29 is 24.5 Å². The number of anilines is 1. The number of fused-ring (bicyclic) bond motifs is 1. The number of H-pyrrole nitrogens is 1. The fraction of sp³-hybridized carbons (Fsp3) is 0.720. The van der Waals surface area contributed by atoms with E-state index in [1.807, 2.05) is 0 Å². The van der Waals surface area contributed by atoms with Gasteiger partial charge in [0.25, 0.3) is 0 Å². The number of rotatable bonds is 15. The van der Waals surface area contributed by atoms with E-state index in [4.69, 9.17) is 4.74 Å². The van der Waals surface area contributed by atoms with Gasteiger partial charge in [0.15, 0.2) is 17.7 Å². The Labute approximate surface area is 217 Å². The van der Waals surface area contributed by atoms with E-state index in [1.54, 1.807) is 6.92 Å². The Hall–Kier alpha value is -2.83. The van der Waals surface area contributed by atoms with Crippen LogP contribution >= 0.6 is 0 Å². The van der Waals surface area contributed by atoms with Gasteiger partial charge in [-0.2, -0.15) is 0 Å². The molecule has 1 saturated heterocycles. The number of carbonyl (C=O) groups excluding carboxylic acids is 2. The van der Waals surface area contributed by atoms with E-state index in [9.17, 15) is 19.8 Å². The average Bonchev–Trinajstić information content (AvgIpc) is 3.37. The molecule has 2 aromatic heterocycles. The van der Waals surface area contributed by atoms with Crippen LogP contribution < -0.4 is 16.0 Å². The second kappa shape index (κ2) is 14.8. The van der Waals surface area contributed by atoms with Gasteiger partial charge >= 0.3 is 0 Å². The molecule has 1 fully saturated rings. The second-order valence-corrected chi connectivity index (χ2v) is 9.66. The minimum Gasteiger partial charge on any atom is -0.388 e. The number of ether oxygens (including phenoxy) is 1.